The highest BCUT2D eigenvalue weighted by molar-refractivity contribution is 5.91. The van der Waals surface area contributed by atoms with Crippen molar-refractivity contribution in [3.63, 3.8) is 0 Å². The third-order valence-corrected chi connectivity index (χ3v) is 28.9. The van der Waals surface area contributed by atoms with Crippen LogP contribution in [0, 0.1) is 155 Å². The summed E-state index contributed by atoms with van der Waals surface area (Å²) in [5, 5.41) is 0. The van der Waals surface area contributed by atoms with E-state index < -0.39 is 35.1 Å². The number of carbonyl (C=O) groups is 8. The van der Waals surface area contributed by atoms with Crippen LogP contribution < -0.4 is 9.47 Å². The molecule has 0 bridgehead atoms. The van der Waals surface area contributed by atoms with E-state index in [2.05, 4.69) is 110 Å². The highest BCUT2D eigenvalue weighted by Crippen LogP contribution is 2.47. The number of rotatable bonds is 30. The van der Waals surface area contributed by atoms with Gasteiger partial charge in [0.2, 0.25) is 0 Å². The van der Waals surface area contributed by atoms with Gasteiger partial charge in [0.15, 0.2) is 11.2 Å². The van der Waals surface area contributed by atoms with Gasteiger partial charge >= 0.3 is 47.8 Å². The molecular formula is C128H132O16. The number of benzene rings is 8. The van der Waals surface area contributed by atoms with Crippen molar-refractivity contribution in [3.8, 4) is 107 Å². The molecule has 0 aliphatic heterocycles. The van der Waals surface area contributed by atoms with E-state index in [1.807, 2.05) is 146 Å². The minimum Gasteiger partial charge on any atom is -0.465 e. The number of esters is 8. The van der Waals surface area contributed by atoms with Crippen molar-refractivity contribution in [2.45, 2.75) is 243 Å². The average Bonchev–Trinajstić information content (AvgIpc) is 0.801. The quantitative estimate of drug-likeness (QED) is 0.0102. The molecule has 0 radical (unpaired) electrons. The topological polar surface area (TPSA) is 210 Å². The molecule has 144 heavy (non-hydrogen) atoms. The van der Waals surface area contributed by atoms with Gasteiger partial charge in [0.1, 0.15) is 11.5 Å². The fraction of sp³-hybridized carbons (Fsp3) is 0.406. The Kier molecular flexibility index (Phi) is 41.4. The van der Waals surface area contributed by atoms with Gasteiger partial charge in [-0.3, -0.25) is 19.2 Å². The molecule has 6 aliphatic carbocycles. The van der Waals surface area contributed by atoms with Crippen LogP contribution in [0.25, 0.3) is 0 Å². The lowest BCUT2D eigenvalue weighted by Crippen LogP contribution is -2.39. The maximum atomic E-state index is 13.9. The van der Waals surface area contributed by atoms with Gasteiger partial charge in [-0.15, -0.1) is 12.8 Å². The molecule has 8 aromatic carbocycles. The Hall–Kier alpha value is -14.5. The highest BCUT2D eigenvalue weighted by Gasteiger charge is 2.43. The summed E-state index contributed by atoms with van der Waals surface area (Å²) < 4.78 is 45.4. The van der Waals surface area contributed by atoms with Gasteiger partial charge in [-0.25, -0.2) is 19.2 Å². The Balaban J connectivity index is 0.000000242. The van der Waals surface area contributed by atoms with Gasteiger partial charge in [0.25, 0.3) is 0 Å². The van der Waals surface area contributed by atoms with Gasteiger partial charge in [0.05, 0.1) is 61.2 Å². The van der Waals surface area contributed by atoms with Crippen molar-refractivity contribution in [1.29, 1.82) is 0 Å². The maximum Gasteiger partial charge on any atom is 0.339 e. The van der Waals surface area contributed by atoms with Crippen LogP contribution in [-0.2, 0) is 57.2 Å². The number of terminal acetylenes is 2. The molecule has 16 heteroatoms. The monoisotopic (exact) mass is 1920 g/mol. The summed E-state index contributed by atoms with van der Waals surface area (Å²) in [5.74, 6) is 45.5. The summed E-state index contributed by atoms with van der Waals surface area (Å²) in [6, 6.07) is 59.7. The molecule has 8 aromatic rings. The molecule has 0 N–H and O–H groups in total. The molecule has 740 valence electrons. The second kappa shape index (κ2) is 55.8. The molecule has 0 saturated heterocycles. The van der Waals surface area contributed by atoms with Crippen molar-refractivity contribution in [3.05, 3.63) is 297 Å². The zero-order valence-electron chi connectivity index (χ0n) is 83.4. The van der Waals surface area contributed by atoms with Crippen LogP contribution in [0.5, 0.6) is 11.5 Å². The fourth-order valence-corrected chi connectivity index (χ4v) is 19.8. The van der Waals surface area contributed by atoms with Gasteiger partial charge in [-0.05, 0) is 408 Å². The lowest BCUT2D eigenvalue weighted by atomic mass is 9.68. The maximum absolute atomic E-state index is 13.9. The van der Waals surface area contributed by atoms with Crippen molar-refractivity contribution >= 4 is 47.8 Å². The Morgan fingerprint density at radius 1 is 0.278 bits per heavy atom. The van der Waals surface area contributed by atoms with Gasteiger partial charge in [-0.1, -0.05) is 149 Å². The molecule has 0 aromatic heterocycles. The molecule has 6 saturated carbocycles. The van der Waals surface area contributed by atoms with Gasteiger partial charge in [0, 0.05) is 78.9 Å². The molecule has 0 amide bonds. The molecule has 0 heterocycles. The van der Waals surface area contributed by atoms with E-state index in [1.54, 1.807) is 48.5 Å². The van der Waals surface area contributed by atoms with Crippen LogP contribution in [-0.4, -0.2) is 85.4 Å². The summed E-state index contributed by atoms with van der Waals surface area (Å²) in [4.78, 5) is 102. The summed E-state index contributed by atoms with van der Waals surface area (Å²) in [7, 11) is 0. The summed E-state index contributed by atoms with van der Waals surface area (Å²) >= 11 is 0. The molecular weight excluding hydrogens is 1790 g/mol. The van der Waals surface area contributed by atoms with Crippen molar-refractivity contribution in [2.24, 2.45) is 59.2 Å². The first-order chi connectivity index (χ1) is 70.1. The predicted octanol–water partition coefficient (Wildman–Crippen LogP) is 24.7. The van der Waals surface area contributed by atoms with Crippen LogP contribution in [0.1, 0.15) is 320 Å². The van der Waals surface area contributed by atoms with E-state index in [9.17, 15) is 38.4 Å². The molecule has 14 rings (SSSR count). The van der Waals surface area contributed by atoms with E-state index >= 15 is 0 Å². The minimum atomic E-state index is -0.932. The van der Waals surface area contributed by atoms with Gasteiger partial charge < -0.3 is 37.9 Å². The Morgan fingerprint density at radius 2 is 0.500 bits per heavy atom. The Morgan fingerprint density at radius 3 is 0.750 bits per heavy atom. The molecule has 0 atom stereocenters. The van der Waals surface area contributed by atoms with Crippen LogP contribution in [0.15, 0.2) is 219 Å². The van der Waals surface area contributed by atoms with Crippen molar-refractivity contribution < 1.29 is 76.3 Å². The van der Waals surface area contributed by atoms with E-state index in [0.29, 0.717) is 150 Å². The third-order valence-electron chi connectivity index (χ3n) is 28.9. The van der Waals surface area contributed by atoms with Gasteiger partial charge in [-0.2, -0.15) is 0 Å². The van der Waals surface area contributed by atoms with Crippen LogP contribution in [0.3, 0.4) is 0 Å². The highest BCUT2D eigenvalue weighted by atomic mass is 16.6. The Bertz CT molecular complexity index is 6170. The number of hydrogen-bond acceptors (Lipinski definition) is 16. The largest absolute Gasteiger partial charge is 0.465 e. The number of ether oxygens (including phenoxy) is 8. The smallest absolute Gasteiger partial charge is 0.339 e. The predicted molar refractivity (Wildman–Crippen MR) is 560 cm³/mol. The minimum absolute atomic E-state index is 0.194. The van der Waals surface area contributed by atoms with Crippen molar-refractivity contribution in [1.82, 2.24) is 0 Å². The normalized spacial score (nSPS) is 21.2. The molecule has 6 fully saturated rings. The van der Waals surface area contributed by atoms with Crippen molar-refractivity contribution in [2.75, 3.05) is 26.4 Å². The first kappa shape index (κ1) is 107. The zero-order chi connectivity index (χ0) is 101. The SMILES string of the molecule is C#Cc1ccc(C#Cc2ccc(C#Cc3ccc(C#CC4(OC(=O)c5ccc(OC(=O)C6CCC(C(=O)OCCCCCCCCOC(=O)C=C)CC6)cc5)CCC(C5CCC(C)CC5)CC4)cc3)cc2)cc1.C#Cc1ccc(C#Cc2ccc(C#Cc3ccc(C#CC4(OC(=O)c5ccc(OC(=O)C6CCC(C(=O)OCCCCCCOC(=O)C=C)CC6)cc5)CCC(C5CCC(C)CC5)CC4)cc3)cc2)cc1. The van der Waals surface area contributed by atoms with E-state index in [1.165, 1.54) is 57.4 Å². The third kappa shape index (κ3) is 34.4. The summed E-state index contributed by atoms with van der Waals surface area (Å²) in [6.45, 7) is 13.0. The lowest BCUT2D eigenvalue weighted by Gasteiger charge is -2.40. The fourth-order valence-electron chi connectivity index (χ4n) is 19.8. The van der Waals surface area contributed by atoms with Crippen LogP contribution in [0.2, 0.25) is 0 Å². The second-order valence-corrected chi connectivity index (χ2v) is 39.3. The Labute approximate surface area is 852 Å². The number of carbonyl (C=O) groups excluding carboxylic acids is 8. The first-order valence-corrected chi connectivity index (χ1v) is 51.8. The van der Waals surface area contributed by atoms with Crippen LogP contribution in [0.4, 0.5) is 0 Å². The molecule has 16 nitrogen and oxygen atoms in total. The average molecular weight is 1930 g/mol. The zero-order valence-corrected chi connectivity index (χ0v) is 83.4. The van der Waals surface area contributed by atoms with Crippen LogP contribution >= 0.6 is 0 Å². The molecule has 0 unspecified atom stereocenters. The number of hydrogen-bond donors (Lipinski definition) is 0. The summed E-state index contributed by atoms with van der Waals surface area (Å²) in [5.41, 5.74) is 9.24. The molecule has 0 spiro atoms. The van der Waals surface area contributed by atoms with E-state index in [4.69, 9.17) is 50.7 Å². The first-order valence-electron chi connectivity index (χ1n) is 51.8. The summed E-state index contributed by atoms with van der Waals surface area (Å²) in [6.07, 6.45) is 43.2. The van der Waals surface area contributed by atoms with E-state index in [-0.39, 0.29) is 47.5 Å². The standard InChI is InChI=1S/C65H68O8.C63H64O8/c1-4-49-14-16-50(17-15-49)18-19-51-20-22-52(23-21-51)24-25-53-26-28-54(29-27-53)40-43-65(44-41-56(42-45-65)55-30-12-48(3)13-31-55)73-64(69)59-36-38-60(39-37-59)72-63(68)58-34-32-57(33-35-58)62(67)71-47-11-9-7-6-8-10-46-70-61(66)5-2;1-4-47-12-14-48(15-13-47)16-17-49-18-20-50(21-19-49)22-23-51-24-26-52(27-25-51)38-41-63(42-39-54(40-43-63)53-28-10-46(3)11-29-53)71-62(67)57-34-36-58(37-35-57)70-61(66)56-32-30-55(31-33-56)60(65)69-45-9-7-6-8-44-68-59(64)5-2/h1,5,14-17,20-23,26-29,36-39,48,55-58H,2,6-13,30-35,41-42,44-47H2,3H3;1,5,12-15,18-21,24-27,34-37,46,53-56H,2,6-11,28-33,39-40,42-45H2,3H3. The number of unbranched alkanes of at least 4 members (excludes halogenated alkanes) is 8. The lowest BCUT2D eigenvalue weighted by molar-refractivity contribution is -0.152. The molecule has 6 aliphatic rings. The second-order valence-electron chi connectivity index (χ2n) is 39.3. The van der Waals surface area contributed by atoms with E-state index in [0.717, 1.165) is 175 Å².